The van der Waals surface area contributed by atoms with Crippen molar-refractivity contribution < 1.29 is 9.47 Å². The molecule has 1 N–H and O–H groups in total. The molecule has 134 valence electrons. The van der Waals surface area contributed by atoms with Crippen LogP contribution >= 0.6 is 0 Å². The van der Waals surface area contributed by atoms with Crippen LogP contribution in [0.1, 0.15) is 24.6 Å². The normalized spacial score (nSPS) is 11.0. The summed E-state index contributed by atoms with van der Waals surface area (Å²) in [7, 11) is 1.65. The summed E-state index contributed by atoms with van der Waals surface area (Å²) in [5.41, 5.74) is 6.77. The van der Waals surface area contributed by atoms with Crippen LogP contribution in [0, 0.1) is 6.92 Å². The van der Waals surface area contributed by atoms with Gasteiger partial charge in [0.1, 0.15) is 11.5 Å². The Morgan fingerprint density at radius 3 is 2.81 bits per heavy atom. The van der Waals surface area contributed by atoms with Crippen molar-refractivity contribution in [3.8, 4) is 11.5 Å². The molecule has 2 aromatic carbocycles. The fourth-order valence-corrected chi connectivity index (χ4v) is 2.66. The van der Waals surface area contributed by atoms with Gasteiger partial charge in [0.25, 0.3) is 0 Å². The molecule has 3 rings (SSSR count). The molecule has 0 unspecified atom stereocenters. The van der Waals surface area contributed by atoms with Gasteiger partial charge >= 0.3 is 0 Å². The van der Waals surface area contributed by atoms with E-state index >= 15 is 0 Å². The van der Waals surface area contributed by atoms with Gasteiger partial charge in [-0.25, -0.2) is 0 Å². The molecule has 3 aromatic rings. The Labute approximate surface area is 153 Å². The molecule has 0 bridgehead atoms. The second-order valence-corrected chi connectivity index (χ2v) is 5.95. The van der Waals surface area contributed by atoms with Crippen molar-refractivity contribution in [2.24, 2.45) is 5.10 Å². The number of hydrogen-bond acceptors (Lipinski definition) is 5. The highest BCUT2D eigenvalue weighted by molar-refractivity contribution is 5.93. The van der Waals surface area contributed by atoms with Crippen LogP contribution in [0.2, 0.25) is 0 Å². The van der Waals surface area contributed by atoms with Gasteiger partial charge in [-0.3, -0.25) is 10.4 Å². The summed E-state index contributed by atoms with van der Waals surface area (Å²) in [5, 5.41) is 5.36. The van der Waals surface area contributed by atoms with Gasteiger partial charge in [-0.2, -0.15) is 5.10 Å². The third kappa shape index (κ3) is 4.11. The average Bonchev–Trinajstić information content (AvgIpc) is 2.66. The fraction of sp³-hybridized carbons (Fsp3) is 0.238. The topological polar surface area (TPSA) is 55.7 Å². The van der Waals surface area contributed by atoms with Crippen molar-refractivity contribution >= 4 is 22.8 Å². The lowest BCUT2D eigenvalue weighted by atomic mass is 10.1. The number of methoxy groups -OCH3 is 1. The number of hydrazone groups is 1. The SMILES string of the molecule is CCCOc1ccccc1/C=N\Nc1cc(C)nc2ccc(OC)cc12. The van der Waals surface area contributed by atoms with E-state index in [2.05, 4.69) is 22.4 Å². The van der Waals surface area contributed by atoms with E-state index in [0.717, 1.165) is 45.8 Å². The van der Waals surface area contributed by atoms with E-state index in [1.807, 2.05) is 55.5 Å². The second kappa shape index (κ2) is 8.34. The molecule has 0 amide bonds. The average molecular weight is 349 g/mol. The van der Waals surface area contributed by atoms with Gasteiger partial charge in [-0.15, -0.1) is 0 Å². The van der Waals surface area contributed by atoms with Crippen LogP contribution in [0.5, 0.6) is 11.5 Å². The first-order chi connectivity index (χ1) is 12.7. The van der Waals surface area contributed by atoms with Crippen LogP contribution in [0.4, 0.5) is 5.69 Å². The Balaban J connectivity index is 1.87. The monoisotopic (exact) mass is 349 g/mol. The molecular formula is C21H23N3O2. The summed E-state index contributed by atoms with van der Waals surface area (Å²) in [5.74, 6) is 1.62. The maximum Gasteiger partial charge on any atom is 0.128 e. The Hall–Kier alpha value is -3.08. The van der Waals surface area contributed by atoms with E-state index in [4.69, 9.17) is 9.47 Å². The number of anilines is 1. The Morgan fingerprint density at radius 1 is 1.15 bits per heavy atom. The zero-order valence-corrected chi connectivity index (χ0v) is 15.3. The van der Waals surface area contributed by atoms with Crippen LogP contribution in [0.3, 0.4) is 0 Å². The molecular weight excluding hydrogens is 326 g/mol. The number of aryl methyl sites for hydroxylation is 1. The van der Waals surface area contributed by atoms with E-state index in [1.54, 1.807) is 13.3 Å². The third-order valence-electron chi connectivity index (χ3n) is 3.91. The van der Waals surface area contributed by atoms with Crippen molar-refractivity contribution in [2.75, 3.05) is 19.1 Å². The first-order valence-electron chi connectivity index (χ1n) is 8.67. The maximum atomic E-state index is 5.76. The van der Waals surface area contributed by atoms with E-state index < -0.39 is 0 Å². The standard InChI is InChI=1S/C21H23N3O2/c1-4-11-26-21-8-6-5-7-16(21)14-22-24-20-12-15(2)23-19-10-9-17(25-3)13-18(19)20/h5-10,12-14H,4,11H2,1-3H3,(H,23,24)/b22-14-. The molecule has 1 aromatic heterocycles. The molecule has 0 spiro atoms. The van der Waals surface area contributed by atoms with Crippen LogP contribution in [0.15, 0.2) is 53.6 Å². The molecule has 5 heteroatoms. The molecule has 26 heavy (non-hydrogen) atoms. The van der Waals surface area contributed by atoms with Gasteiger partial charge in [0, 0.05) is 16.6 Å². The van der Waals surface area contributed by atoms with Gasteiger partial charge < -0.3 is 9.47 Å². The summed E-state index contributed by atoms with van der Waals surface area (Å²) >= 11 is 0. The highest BCUT2D eigenvalue weighted by Crippen LogP contribution is 2.27. The highest BCUT2D eigenvalue weighted by atomic mass is 16.5. The number of nitrogens with zero attached hydrogens (tertiary/aromatic N) is 2. The van der Waals surface area contributed by atoms with E-state index in [0.29, 0.717) is 6.61 Å². The Morgan fingerprint density at radius 2 is 2.00 bits per heavy atom. The number of aromatic nitrogens is 1. The summed E-state index contributed by atoms with van der Waals surface area (Å²) in [6.45, 7) is 4.74. The van der Waals surface area contributed by atoms with Crippen molar-refractivity contribution in [1.82, 2.24) is 4.98 Å². The third-order valence-corrected chi connectivity index (χ3v) is 3.91. The van der Waals surface area contributed by atoms with E-state index in [1.165, 1.54) is 0 Å². The number of fused-ring (bicyclic) bond motifs is 1. The fourth-order valence-electron chi connectivity index (χ4n) is 2.66. The number of rotatable bonds is 7. The van der Waals surface area contributed by atoms with Gasteiger partial charge in [-0.05, 0) is 49.7 Å². The minimum atomic E-state index is 0.687. The van der Waals surface area contributed by atoms with E-state index in [9.17, 15) is 0 Å². The van der Waals surface area contributed by atoms with Crippen LogP contribution in [-0.4, -0.2) is 24.9 Å². The summed E-state index contributed by atoms with van der Waals surface area (Å²) in [6, 6.07) is 15.6. The molecule has 5 nitrogen and oxygen atoms in total. The number of para-hydroxylation sites is 1. The minimum Gasteiger partial charge on any atom is -0.497 e. The lowest BCUT2D eigenvalue weighted by Gasteiger charge is -2.09. The maximum absolute atomic E-state index is 5.76. The largest absolute Gasteiger partial charge is 0.497 e. The van der Waals surface area contributed by atoms with Crippen molar-refractivity contribution in [3.05, 3.63) is 59.8 Å². The van der Waals surface area contributed by atoms with Gasteiger partial charge in [0.15, 0.2) is 0 Å². The predicted molar refractivity (Wildman–Crippen MR) is 106 cm³/mol. The van der Waals surface area contributed by atoms with Gasteiger partial charge in [0.2, 0.25) is 0 Å². The van der Waals surface area contributed by atoms with Crippen LogP contribution in [-0.2, 0) is 0 Å². The summed E-state index contributed by atoms with van der Waals surface area (Å²) < 4.78 is 11.1. The molecule has 0 aliphatic carbocycles. The Bertz CT molecular complexity index is 922. The number of benzene rings is 2. The first-order valence-corrected chi connectivity index (χ1v) is 8.67. The van der Waals surface area contributed by atoms with Gasteiger partial charge in [0.05, 0.1) is 31.1 Å². The molecule has 0 fully saturated rings. The summed E-state index contributed by atoms with van der Waals surface area (Å²) in [6.07, 6.45) is 2.74. The number of pyridine rings is 1. The van der Waals surface area contributed by atoms with Crippen LogP contribution < -0.4 is 14.9 Å². The molecule has 0 saturated heterocycles. The predicted octanol–water partition coefficient (Wildman–Crippen LogP) is 4.79. The number of hydrogen-bond donors (Lipinski definition) is 1. The lowest BCUT2D eigenvalue weighted by molar-refractivity contribution is 0.317. The zero-order chi connectivity index (χ0) is 18.4. The summed E-state index contributed by atoms with van der Waals surface area (Å²) in [4.78, 5) is 4.56. The molecule has 0 aliphatic heterocycles. The Kier molecular flexibility index (Phi) is 5.69. The molecule has 0 saturated carbocycles. The van der Waals surface area contributed by atoms with Gasteiger partial charge in [-0.1, -0.05) is 19.1 Å². The quantitative estimate of drug-likeness (QED) is 0.492. The zero-order valence-electron chi connectivity index (χ0n) is 15.3. The van der Waals surface area contributed by atoms with Crippen LogP contribution in [0.25, 0.3) is 10.9 Å². The first kappa shape index (κ1) is 17.7. The number of nitrogens with one attached hydrogen (secondary N) is 1. The minimum absolute atomic E-state index is 0.687. The van der Waals surface area contributed by atoms with Crippen molar-refractivity contribution in [1.29, 1.82) is 0 Å². The van der Waals surface area contributed by atoms with Crippen molar-refractivity contribution in [3.63, 3.8) is 0 Å². The molecule has 0 radical (unpaired) electrons. The number of ether oxygens (including phenoxy) is 2. The molecule has 0 atom stereocenters. The second-order valence-electron chi connectivity index (χ2n) is 5.95. The highest BCUT2D eigenvalue weighted by Gasteiger charge is 2.05. The lowest BCUT2D eigenvalue weighted by Crippen LogP contribution is -1.99. The van der Waals surface area contributed by atoms with E-state index in [-0.39, 0.29) is 0 Å². The molecule has 1 heterocycles. The van der Waals surface area contributed by atoms with Crippen molar-refractivity contribution in [2.45, 2.75) is 20.3 Å². The molecule has 0 aliphatic rings. The smallest absolute Gasteiger partial charge is 0.128 e.